The zero-order chi connectivity index (χ0) is 21.8. The van der Waals surface area contributed by atoms with E-state index >= 15 is 0 Å². The number of non-ortho nitro benzene ring substituents is 1. The zero-order valence-electron chi connectivity index (χ0n) is 16.8. The molecule has 156 valence electrons. The van der Waals surface area contributed by atoms with Crippen LogP contribution in [-0.4, -0.2) is 36.9 Å². The number of esters is 1. The summed E-state index contributed by atoms with van der Waals surface area (Å²) >= 11 is 0. The average molecular weight is 416 g/mol. The summed E-state index contributed by atoms with van der Waals surface area (Å²) in [4.78, 5) is 24.4. The van der Waals surface area contributed by atoms with E-state index in [1.165, 1.54) is 19.2 Å². The Labute approximate surface area is 179 Å². The van der Waals surface area contributed by atoms with Crippen LogP contribution in [-0.2, 0) is 4.74 Å². The number of hydrazone groups is 1. The summed E-state index contributed by atoms with van der Waals surface area (Å²) in [7, 11) is 1.35. The monoisotopic (exact) mass is 416 g/mol. The highest BCUT2D eigenvalue weighted by Crippen LogP contribution is 2.25. The van der Waals surface area contributed by atoms with Gasteiger partial charge in [0.05, 0.1) is 35.5 Å². The van der Waals surface area contributed by atoms with Crippen LogP contribution in [0.15, 0.2) is 84.0 Å². The van der Waals surface area contributed by atoms with E-state index in [0.717, 1.165) is 22.6 Å². The van der Waals surface area contributed by atoms with Gasteiger partial charge in [0.2, 0.25) is 0 Å². The standard InChI is InChI=1S/C23H20N4O4/c1-31-23(28)18-9-11-19(12-10-18)25-15-22(17-7-13-21(14-8-17)27(29)30)24-26(16-25)20-5-3-2-4-6-20/h2-14H,15-16H2,1H3. The van der Waals surface area contributed by atoms with Crippen molar-refractivity contribution in [2.75, 3.05) is 30.2 Å². The number of hydrogen-bond donors (Lipinski definition) is 0. The smallest absolute Gasteiger partial charge is 0.337 e. The highest BCUT2D eigenvalue weighted by Gasteiger charge is 2.23. The molecular weight excluding hydrogens is 396 g/mol. The van der Waals surface area contributed by atoms with Crippen LogP contribution in [0, 0.1) is 10.1 Å². The van der Waals surface area contributed by atoms with Crippen molar-refractivity contribution in [1.29, 1.82) is 0 Å². The first-order valence-corrected chi connectivity index (χ1v) is 9.63. The van der Waals surface area contributed by atoms with Gasteiger partial charge in [0.1, 0.15) is 6.67 Å². The maximum Gasteiger partial charge on any atom is 0.337 e. The van der Waals surface area contributed by atoms with Gasteiger partial charge < -0.3 is 9.64 Å². The van der Waals surface area contributed by atoms with Gasteiger partial charge >= 0.3 is 5.97 Å². The number of carbonyl (C=O) groups excluding carboxylic acids is 1. The second-order valence-electron chi connectivity index (χ2n) is 6.96. The number of ether oxygens (including phenoxy) is 1. The first-order chi connectivity index (χ1) is 15.0. The molecule has 0 saturated carbocycles. The molecule has 0 atom stereocenters. The molecule has 0 N–H and O–H groups in total. The van der Waals surface area contributed by atoms with Crippen LogP contribution in [0.25, 0.3) is 0 Å². The van der Waals surface area contributed by atoms with E-state index < -0.39 is 4.92 Å². The van der Waals surface area contributed by atoms with E-state index in [2.05, 4.69) is 4.90 Å². The Hall–Kier alpha value is -4.20. The van der Waals surface area contributed by atoms with Gasteiger partial charge in [-0.05, 0) is 48.5 Å². The number of nitrogens with zero attached hydrogens (tertiary/aromatic N) is 4. The van der Waals surface area contributed by atoms with Crippen LogP contribution < -0.4 is 9.91 Å². The maximum absolute atomic E-state index is 11.7. The molecule has 0 saturated heterocycles. The fourth-order valence-corrected chi connectivity index (χ4v) is 3.36. The Morgan fingerprint density at radius 3 is 2.26 bits per heavy atom. The zero-order valence-corrected chi connectivity index (χ0v) is 16.8. The van der Waals surface area contributed by atoms with Crippen LogP contribution in [0.5, 0.6) is 0 Å². The summed E-state index contributed by atoms with van der Waals surface area (Å²) in [6, 6.07) is 23.4. The van der Waals surface area contributed by atoms with Crippen molar-refractivity contribution in [2.45, 2.75) is 0 Å². The summed E-state index contributed by atoms with van der Waals surface area (Å²) in [5, 5.41) is 17.7. The number of nitro benzene ring substituents is 1. The predicted octanol–water partition coefficient (Wildman–Crippen LogP) is 4.07. The molecule has 3 aromatic carbocycles. The normalized spacial score (nSPS) is 13.5. The SMILES string of the molecule is COC(=O)c1ccc(N2CC(c3ccc([N+](=O)[O-])cc3)=NN(c3ccccc3)C2)cc1. The molecular formula is C23H20N4O4. The molecule has 8 nitrogen and oxygen atoms in total. The number of benzene rings is 3. The van der Waals surface area contributed by atoms with Gasteiger partial charge in [-0.1, -0.05) is 18.2 Å². The Morgan fingerprint density at radius 2 is 1.65 bits per heavy atom. The Kier molecular flexibility index (Phi) is 5.61. The van der Waals surface area contributed by atoms with Crippen molar-refractivity contribution >= 4 is 28.7 Å². The lowest BCUT2D eigenvalue weighted by Gasteiger charge is -2.35. The molecule has 1 heterocycles. The number of methoxy groups -OCH3 is 1. The second-order valence-corrected chi connectivity index (χ2v) is 6.96. The van der Waals surface area contributed by atoms with E-state index in [9.17, 15) is 14.9 Å². The van der Waals surface area contributed by atoms with Crippen molar-refractivity contribution in [2.24, 2.45) is 5.10 Å². The third kappa shape index (κ3) is 4.37. The number of rotatable bonds is 5. The number of para-hydroxylation sites is 1. The Balaban J connectivity index is 1.67. The van der Waals surface area contributed by atoms with E-state index in [-0.39, 0.29) is 11.7 Å². The van der Waals surface area contributed by atoms with Crippen LogP contribution in [0.2, 0.25) is 0 Å². The average Bonchev–Trinajstić information content (AvgIpc) is 2.84. The van der Waals surface area contributed by atoms with Crippen LogP contribution in [0.3, 0.4) is 0 Å². The molecule has 4 rings (SSSR count). The van der Waals surface area contributed by atoms with Gasteiger partial charge in [-0.3, -0.25) is 10.1 Å². The lowest BCUT2D eigenvalue weighted by atomic mass is 10.1. The molecule has 8 heteroatoms. The number of nitro groups is 1. The minimum atomic E-state index is -0.419. The summed E-state index contributed by atoms with van der Waals surface area (Å²) in [5.74, 6) is -0.385. The van der Waals surface area contributed by atoms with Gasteiger partial charge in [0.25, 0.3) is 5.69 Å². The van der Waals surface area contributed by atoms with Crippen LogP contribution >= 0.6 is 0 Å². The van der Waals surface area contributed by atoms with Gasteiger partial charge in [-0.15, -0.1) is 0 Å². The largest absolute Gasteiger partial charge is 0.465 e. The van der Waals surface area contributed by atoms with Crippen molar-refractivity contribution < 1.29 is 14.5 Å². The quantitative estimate of drug-likeness (QED) is 0.354. The van der Waals surface area contributed by atoms with Gasteiger partial charge in [-0.25, -0.2) is 9.80 Å². The fourth-order valence-electron chi connectivity index (χ4n) is 3.36. The van der Waals surface area contributed by atoms with E-state index in [1.54, 1.807) is 24.3 Å². The van der Waals surface area contributed by atoms with Crippen molar-refractivity contribution in [1.82, 2.24) is 0 Å². The minimum absolute atomic E-state index is 0.0373. The summed E-state index contributed by atoms with van der Waals surface area (Å²) in [5.41, 5.74) is 3.95. The predicted molar refractivity (Wildman–Crippen MR) is 119 cm³/mol. The molecule has 0 aromatic heterocycles. The molecule has 0 spiro atoms. The molecule has 0 fully saturated rings. The van der Waals surface area contributed by atoms with Crippen LogP contribution in [0.1, 0.15) is 15.9 Å². The van der Waals surface area contributed by atoms with Gasteiger partial charge in [0, 0.05) is 23.4 Å². The molecule has 0 radical (unpaired) electrons. The number of anilines is 2. The maximum atomic E-state index is 11.7. The first kappa shape index (κ1) is 20.1. The molecule has 0 bridgehead atoms. The second kappa shape index (κ2) is 8.66. The highest BCUT2D eigenvalue weighted by molar-refractivity contribution is 6.05. The molecule has 0 amide bonds. The third-order valence-corrected chi connectivity index (χ3v) is 5.01. The summed E-state index contributed by atoms with van der Waals surface area (Å²) in [6.07, 6.45) is 0. The summed E-state index contributed by atoms with van der Waals surface area (Å²) in [6.45, 7) is 1.02. The third-order valence-electron chi connectivity index (χ3n) is 5.01. The molecule has 1 aliphatic heterocycles. The molecule has 0 unspecified atom stereocenters. The molecule has 1 aliphatic rings. The van der Waals surface area contributed by atoms with E-state index in [4.69, 9.17) is 9.84 Å². The molecule has 31 heavy (non-hydrogen) atoms. The van der Waals surface area contributed by atoms with Gasteiger partial charge in [0.15, 0.2) is 0 Å². The van der Waals surface area contributed by atoms with Crippen LogP contribution in [0.4, 0.5) is 17.1 Å². The van der Waals surface area contributed by atoms with E-state index in [1.807, 2.05) is 47.5 Å². The van der Waals surface area contributed by atoms with Crippen molar-refractivity contribution in [3.8, 4) is 0 Å². The Morgan fingerprint density at radius 1 is 0.968 bits per heavy atom. The molecule has 0 aliphatic carbocycles. The number of carbonyl (C=O) groups is 1. The Bertz CT molecular complexity index is 1110. The lowest BCUT2D eigenvalue weighted by Crippen LogP contribution is -2.44. The van der Waals surface area contributed by atoms with Gasteiger partial charge in [-0.2, -0.15) is 5.10 Å². The first-order valence-electron chi connectivity index (χ1n) is 9.63. The minimum Gasteiger partial charge on any atom is -0.465 e. The lowest BCUT2D eigenvalue weighted by molar-refractivity contribution is -0.384. The van der Waals surface area contributed by atoms with E-state index in [0.29, 0.717) is 18.8 Å². The summed E-state index contributed by atoms with van der Waals surface area (Å²) < 4.78 is 4.77. The molecule has 3 aromatic rings. The number of hydrogen-bond acceptors (Lipinski definition) is 7. The fraction of sp³-hybridized carbons (Fsp3) is 0.130. The van der Waals surface area contributed by atoms with Crippen molar-refractivity contribution in [3.63, 3.8) is 0 Å². The topological polar surface area (TPSA) is 88.3 Å². The van der Waals surface area contributed by atoms with Crippen molar-refractivity contribution in [3.05, 3.63) is 100 Å². The highest BCUT2D eigenvalue weighted by atomic mass is 16.6.